The zero-order valence-electron chi connectivity index (χ0n) is 10.6. The lowest BCUT2D eigenvalue weighted by Crippen LogP contribution is -2.17. The van der Waals surface area contributed by atoms with Crippen molar-refractivity contribution in [2.45, 2.75) is 25.3 Å². The van der Waals surface area contributed by atoms with Gasteiger partial charge in [0, 0.05) is 21.8 Å². The van der Waals surface area contributed by atoms with Crippen LogP contribution >= 0.6 is 28.1 Å². The molecule has 0 radical (unpaired) electrons. The Morgan fingerprint density at radius 3 is 2.58 bits per heavy atom. The van der Waals surface area contributed by atoms with E-state index in [4.69, 9.17) is 18.0 Å². The Hall–Kier alpha value is -0.610. The lowest BCUT2D eigenvalue weighted by atomic mass is 10.0. The average molecular weight is 337 g/mol. The Morgan fingerprint density at radius 1 is 1.26 bits per heavy atom. The monoisotopic (exact) mass is 336 g/mol. The lowest BCUT2D eigenvalue weighted by Gasteiger charge is -2.15. The third kappa shape index (κ3) is 1.83. The van der Waals surface area contributed by atoms with Crippen LogP contribution < -0.4 is 11.1 Å². The Bertz CT molecular complexity index is 543. The standard InChI is InChI=1S/C15H17BrN2S/c16-9-3-4-10(15(17)19)11(6-9)18-14-12-7-1-2-8(5-7)13(12)14/h3-4,6-8,12-14,18H,1-2,5H2,(H2,17,19). The highest BCUT2D eigenvalue weighted by Crippen LogP contribution is 2.66. The summed E-state index contributed by atoms with van der Waals surface area (Å²) in [5.74, 6) is 3.79. The Labute approximate surface area is 127 Å². The highest BCUT2D eigenvalue weighted by molar-refractivity contribution is 9.10. The van der Waals surface area contributed by atoms with Crippen LogP contribution in [-0.4, -0.2) is 11.0 Å². The minimum atomic E-state index is 0.476. The lowest BCUT2D eigenvalue weighted by molar-refractivity contribution is 0.456. The molecule has 0 heterocycles. The maximum Gasteiger partial charge on any atom is 0.106 e. The van der Waals surface area contributed by atoms with E-state index in [9.17, 15) is 0 Å². The molecule has 3 N–H and O–H groups in total. The van der Waals surface area contributed by atoms with Crippen LogP contribution in [0.25, 0.3) is 0 Å². The number of rotatable bonds is 3. The van der Waals surface area contributed by atoms with Gasteiger partial charge in [0.2, 0.25) is 0 Å². The van der Waals surface area contributed by atoms with Gasteiger partial charge in [0.15, 0.2) is 0 Å². The van der Waals surface area contributed by atoms with Crippen LogP contribution in [0, 0.1) is 23.7 Å². The van der Waals surface area contributed by atoms with Crippen LogP contribution in [0.15, 0.2) is 22.7 Å². The van der Waals surface area contributed by atoms with Crippen LogP contribution in [0.3, 0.4) is 0 Å². The van der Waals surface area contributed by atoms with Gasteiger partial charge in [-0.2, -0.15) is 0 Å². The van der Waals surface area contributed by atoms with Crippen molar-refractivity contribution in [1.82, 2.24) is 0 Å². The number of hydrogen-bond donors (Lipinski definition) is 2. The number of hydrogen-bond acceptors (Lipinski definition) is 2. The van der Waals surface area contributed by atoms with E-state index in [2.05, 4.69) is 27.3 Å². The molecular weight excluding hydrogens is 320 g/mol. The second kappa shape index (κ2) is 4.19. The molecule has 0 aromatic heterocycles. The topological polar surface area (TPSA) is 38.0 Å². The van der Waals surface area contributed by atoms with Crippen molar-refractivity contribution in [2.75, 3.05) is 5.32 Å². The first-order valence-corrected chi connectivity index (χ1v) is 8.21. The maximum atomic E-state index is 5.82. The summed E-state index contributed by atoms with van der Waals surface area (Å²) in [4.78, 5) is 0.476. The van der Waals surface area contributed by atoms with Crippen LogP contribution in [0.1, 0.15) is 24.8 Å². The number of nitrogens with two attached hydrogens (primary N) is 1. The molecule has 19 heavy (non-hydrogen) atoms. The fourth-order valence-corrected chi connectivity index (χ4v) is 5.09. The van der Waals surface area contributed by atoms with Crippen molar-refractivity contribution >= 4 is 38.8 Å². The van der Waals surface area contributed by atoms with Gasteiger partial charge >= 0.3 is 0 Å². The van der Waals surface area contributed by atoms with Crippen LogP contribution in [0.5, 0.6) is 0 Å². The quantitative estimate of drug-likeness (QED) is 0.829. The van der Waals surface area contributed by atoms with Crippen molar-refractivity contribution in [3.8, 4) is 0 Å². The molecule has 0 saturated heterocycles. The van der Waals surface area contributed by atoms with Crippen molar-refractivity contribution in [1.29, 1.82) is 0 Å². The number of fused-ring (bicyclic) bond motifs is 5. The van der Waals surface area contributed by atoms with Gasteiger partial charge in [-0.1, -0.05) is 28.1 Å². The first-order valence-electron chi connectivity index (χ1n) is 7.01. The number of thiocarbonyl (C=S) groups is 1. The molecule has 1 aromatic carbocycles. The third-order valence-corrected chi connectivity index (χ3v) is 6.02. The highest BCUT2D eigenvalue weighted by atomic mass is 79.9. The van der Waals surface area contributed by atoms with Crippen molar-refractivity contribution < 1.29 is 0 Å². The van der Waals surface area contributed by atoms with Gasteiger partial charge in [-0.25, -0.2) is 0 Å². The van der Waals surface area contributed by atoms with Crippen LogP contribution in [0.4, 0.5) is 5.69 Å². The SMILES string of the molecule is NC(=S)c1ccc(Br)cc1NC1C2C3CCC(C3)C12. The zero-order valence-corrected chi connectivity index (χ0v) is 13.0. The summed E-state index contributed by atoms with van der Waals surface area (Å²) < 4.78 is 1.07. The van der Waals surface area contributed by atoms with E-state index >= 15 is 0 Å². The number of anilines is 1. The van der Waals surface area contributed by atoms with E-state index in [1.807, 2.05) is 12.1 Å². The molecule has 4 heteroatoms. The van der Waals surface area contributed by atoms with Gasteiger partial charge in [0.1, 0.15) is 4.99 Å². The largest absolute Gasteiger partial charge is 0.389 e. The second-order valence-electron chi connectivity index (χ2n) is 6.21. The molecular formula is C15H17BrN2S. The predicted molar refractivity (Wildman–Crippen MR) is 85.3 cm³/mol. The Kier molecular flexibility index (Phi) is 2.68. The molecule has 3 fully saturated rings. The number of nitrogens with one attached hydrogen (secondary N) is 1. The normalized spacial score (nSPS) is 38.1. The third-order valence-electron chi connectivity index (χ3n) is 5.30. The molecule has 4 atom stereocenters. The van der Waals surface area contributed by atoms with E-state index in [0.29, 0.717) is 11.0 Å². The first kappa shape index (κ1) is 12.2. The van der Waals surface area contributed by atoms with Crippen LogP contribution in [0.2, 0.25) is 0 Å². The van der Waals surface area contributed by atoms with Crippen LogP contribution in [-0.2, 0) is 0 Å². The summed E-state index contributed by atoms with van der Waals surface area (Å²) in [6.07, 6.45) is 4.38. The maximum absolute atomic E-state index is 5.82. The summed E-state index contributed by atoms with van der Waals surface area (Å²) in [7, 11) is 0. The van der Waals surface area contributed by atoms with Crippen molar-refractivity contribution in [3.63, 3.8) is 0 Å². The fraction of sp³-hybridized carbons (Fsp3) is 0.533. The van der Waals surface area contributed by atoms with Crippen molar-refractivity contribution in [2.24, 2.45) is 29.4 Å². The molecule has 3 aliphatic rings. The molecule has 3 saturated carbocycles. The molecule has 2 nitrogen and oxygen atoms in total. The van der Waals surface area contributed by atoms with E-state index in [-0.39, 0.29) is 0 Å². The van der Waals surface area contributed by atoms with E-state index in [1.54, 1.807) is 0 Å². The van der Waals surface area contributed by atoms with Gasteiger partial charge in [-0.05, 0) is 61.1 Å². The van der Waals surface area contributed by atoms with Gasteiger partial charge in [-0.15, -0.1) is 0 Å². The summed E-state index contributed by atoms with van der Waals surface area (Å²) in [5, 5.41) is 3.71. The molecule has 1 aromatic rings. The average Bonchev–Trinajstić information content (AvgIpc) is 2.78. The van der Waals surface area contributed by atoms with E-state index < -0.39 is 0 Å². The highest BCUT2D eigenvalue weighted by Gasteiger charge is 2.65. The predicted octanol–water partition coefficient (Wildman–Crippen LogP) is 3.54. The molecule has 100 valence electrons. The first-order chi connectivity index (χ1) is 9.15. The molecule has 0 amide bonds. The summed E-state index contributed by atoms with van der Waals surface area (Å²) in [6.45, 7) is 0. The molecule has 4 rings (SSSR count). The smallest absolute Gasteiger partial charge is 0.106 e. The van der Waals surface area contributed by atoms with Gasteiger partial charge in [-0.3, -0.25) is 0 Å². The van der Waals surface area contributed by atoms with Gasteiger partial charge < -0.3 is 11.1 Å². The summed E-state index contributed by atoms with van der Waals surface area (Å²) >= 11 is 8.68. The Morgan fingerprint density at radius 2 is 1.95 bits per heavy atom. The second-order valence-corrected chi connectivity index (χ2v) is 7.57. The fourth-order valence-electron chi connectivity index (χ4n) is 4.55. The van der Waals surface area contributed by atoms with Crippen molar-refractivity contribution in [3.05, 3.63) is 28.2 Å². The Balaban J connectivity index is 1.58. The molecule has 3 aliphatic carbocycles. The van der Waals surface area contributed by atoms with E-state index in [0.717, 1.165) is 39.4 Å². The number of benzene rings is 1. The van der Waals surface area contributed by atoms with E-state index in [1.165, 1.54) is 19.3 Å². The van der Waals surface area contributed by atoms with Gasteiger partial charge in [0.25, 0.3) is 0 Å². The zero-order chi connectivity index (χ0) is 13.1. The summed E-state index contributed by atoms with van der Waals surface area (Å²) in [5.41, 5.74) is 7.89. The number of halogens is 1. The molecule has 0 aliphatic heterocycles. The minimum absolute atomic E-state index is 0.476. The van der Waals surface area contributed by atoms with Gasteiger partial charge in [0.05, 0.1) is 0 Å². The summed E-state index contributed by atoms with van der Waals surface area (Å²) in [6, 6.07) is 6.76. The molecule has 4 unspecified atom stereocenters. The minimum Gasteiger partial charge on any atom is -0.389 e. The molecule has 0 spiro atoms. The molecule has 2 bridgehead atoms.